The van der Waals surface area contributed by atoms with Crippen LogP contribution in [0.15, 0.2) is 0 Å². The molecule has 0 aliphatic heterocycles. The molecule has 0 saturated heterocycles. The fourth-order valence-electron chi connectivity index (χ4n) is 1.36. The van der Waals surface area contributed by atoms with Crippen molar-refractivity contribution in [2.24, 2.45) is 0 Å². The number of ether oxygens (including phenoxy) is 2. The first-order chi connectivity index (χ1) is 7.39. The number of phosphoric ester groups is 1. The Morgan fingerprint density at radius 3 is 2.06 bits per heavy atom. The fourth-order valence-corrected chi connectivity index (χ4v) is 1.96. The summed E-state index contributed by atoms with van der Waals surface area (Å²) in [5, 5.41) is 0. The third-order valence-electron chi connectivity index (χ3n) is 2.22. The molecule has 0 spiro atoms. The second-order valence-corrected chi connectivity index (χ2v) is 4.65. The van der Waals surface area contributed by atoms with Crippen LogP contribution in [0.1, 0.15) is 39.0 Å². The number of methoxy groups -OCH3 is 2. The van der Waals surface area contributed by atoms with Gasteiger partial charge in [0.05, 0.1) is 0 Å². The van der Waals surface area contributed by atoms with E-state index < -0.39 is 13.8 Å². The maximum Gasteiger partial charge on any atom is 0.473 e. The summed E-state index contributed by atoms with van der Waals surface area (Å²) >= 11 is 0. The molecule has 0 aromatic heterocycles. The Balaban J connectivity index is 4.27. The van der Waals surface area contributed by atoms with Crippen molar-refractivity contribution in [2.45, 2.75) is 45.0 Å². The van der Waals surface area contributed by atoms with E-state index in [0.717, 1.165) is 25.7 Å². The Hall–Kier alpha value is 0.0300. The topological polar surface area (TPSA) is 85.2 Å². The van der Waals surface area contributed by atoms with Gasteiger partial charge in [0.15, 0.2) is 0 Å². The molecule has 7 heteroatoms. The summed E-state index contributed by atoms with van der Waals surface area (Å²) in [6.07, 6.45) is 4.07. The van der Waals surface area contributed by atoms with Crippen LogP contribution in [0.5, 0.6) is 0 Å². The van der Waals surface area contributed by atoms with Gasteiger partial charge in [-0.2, -0.15) is 0 Å². The lowest BCUT2D eigenvalue weighted by molar-refractivity contribution is -0.331. The zero-order valence-electron chi connectivity index (χ0n) is 10.0. The lowest BCUT2D eigenvalue weighted by atomic mass is 10.1. The maximum atomic E-state index is 10.8. The number of hydrogen-bond donors (Lipinski definition) is 2. The van der Waals surface area contributed by atoms with Gasteiger partial charge in [-0.05, 0) is 6.42 Å². The van der Waals surface area contributed by atoms with Gasteiger partial charge in [-0.25, -0.2) is 9.09 Å². The van der Waals surface area contributed by atoms with Crippen LogP contribution in [-0.4, -0.2) is 30.0 Å². The Labute approximate surface area is 96.1 Å². The van der Waals surface area contributed by atoms with E-state index in [9.17, 15) is 4.57 Å². The van der Waals surface area contributed by atoms with E-state index in [-0.39, 0.29) is 6.42 Å². The van der Waals surface area contributed by atoms with Gasteiger partial charge >= 0.3 is 7.82 Å². The van der Waals surface area contributed by atoms with E-state index in [1.54, 1.807) is 0 Å². The molecule has 0 saturated carbocycles. The van der Waals surface area contributed by atoms with Gasteiger partial charge in [0.1, 0.15) is 0 Å². The van der Waals surface area contributed by atoms with Gasteiger partial charge in [0.25, 0.3) is 5.97 Å². The van der Waals surface area contributed by atoms with E-state index >= 15 is 0 Å². The van der Waals surface area contributed by atoms with Crippen LogP contribution in [-0.2, 0) is 18.6 Å². The standard InChI is InChI=1S/C9H21O6P/c1-4-5-6-7-8-9(13-2,14-3)15-16(10,11)12/h4-8H2,1-3H3,(H2,10,11,12). The quantitative estimate of drug-likeness (QED) is 0.373. The number of phosphoric acid groups is 1. The lowest BCUT2D eigenvalue weighted by Crippen LogP contribution is -2.36. The largest absolute Gasteiger partial charge is 0.473 e. The minimum atomic E-state index is -4.63. The molecule has 0 unspecified atom stereocenters. The highest BCUT2D eigenvalue weighted by molar-refractivity contribution is 7.46. The van der Waals surface area contributed by atoms with Crippen LogP contribution in [0.3, 0.4) is 0 Å². The second-order valence-electron chi connectivity index (χ2n) is 3.48. The van der Waals surface area contributed by atoms with Crippen LogP contribution in [0.4, 0.5) is 0 Å². The predicted molar refractivity (Wildman–Crippen MR) is 58.6 cm³/mol. The van der Waals surface area contributed by atoms with Crippen molar-refractivity contribution in [1.29, 1.82) is 0 Å². The highest BCUT2D eigenvalue weighted by Crippen LogP contribution is 2.43. The van der Waals surface area contributed by atoms with Crippen LogP contribution in [0.2, 0.25) is 0 Å². The highest BCUT2D eigenvalue weighted by atomic mass is 31.2. The van der Waals surface area contributed by atoms with Crippen LogP contribution >= 0.6 is 7.82 Å². The monoisotopic (exact) mass is 256 g/mol. The van der Waals surface area contributed by atoms with Gasteiger partial charge in [0.2, 0.25) is 0 Å². The van der Waals surface area contributed by atoms with Crippen LogP contribution in [0.25, 0.3) is 0 Å². The molecule has 98 valence electrons. The third-order valence-corrected chi connectivity index (χ3v) is 2.73. The fraction of sp³-hybridized carbons (Fsp3) is 1.00. The zero-order chi connectivity index (χ0) is 12.7. The molecular formula is C9H21O6P. The maximum absolute atomic E-state index is 10.8. The molecule has 0 bridgehead atoms. The molecule has 0 rings (SSSR count). The molecule has 6 nitrogen and oxygen atoms in total. The first-order valence-electron chi connectivity index (χ1n) is 5.25. The van der Waals surface area contributed by atoms with E-state index in [1.807, 2.05) is 0 Å². The molecule has 0 heterocycles. The summed E-state index contributed by atoms with van der Waals surface area (Å²) in [5.74, 6) is -1.65. The molecule has 0 atom stereocenters. The van der Waals surface area contributed by atoms with E-state index in [0.29, 0.717) is 0 Å². The average Bonchev–Trinajstić information content (AvgIpc) is 2.21. The van der Waals surface area contributed by atoms with Crippen molar-refractivity contribution >= 4 is 7.82 Å². The Kier molecular flexibility index (Phi) is 7.39. The predicted octanol–water partition coefficient (Wildman–Crippen LogP) is 2.01. The van der Waals surface area contributed by atoms with Crippen LogP contribution < -0.4 is 0 Å². The molecule has 16 heavy (non-hydrogen) atoms. The van der Waals surface area contributed by atoms with Gasteiger partial charge in [0, 0.05) is 20.6 Å². The summed E-state index contributed by atoms with van der Waals surface area (Å²) in [7, 11) is -2.04. The molecule has 0 aliphatic carbocycles. The first-order valence-corrected chi connectivity index (χ1v) is 6.78. The SMILES string of the molecule is CCCCCCC(OC)(OC)OP(=O)(O)O. The van der Waals surface area contributed by atoms with Gasteiger partial charge < -0.3 is 19.3 Å². The van der Waals surface area contributed by atoms with Gasteiger partial charge in [-0.3, -0.25) is 0 Å². The van der Waals surface area contributed by atoms with Gasteiger partial charge in [-0.15, -0.1) is 0 Å². The minimum absolute atomic E-state index is 0.283. The van der Waals surface area contributed by atoms with Crippen molar-refractivity contribution in [3.8, 4) is 0 Å². The van der Waals surface area contributed by atoms with Gasteiger partial charge in [-0.1, -0.05) is 26.2 Å². The molecular weight excluding hydrogens is 235 g/mol. The minimum Gasteiger partial charge on any atom is -0.330 e. The normalized spacial score (nSPS) is 13.1. The van der Waals surface area contributed by atoms with Crippen molar-refractivity contribution in [3.05, 3.63) is 0 Å². The van der Waals surface area contributed by atoms with Crippen molar-refractivity contribution in [3.63, 3.8) is 0 Å². The number of rotatable bonds is 9. The lowest BCUT2D eigenvalue weighted by Gasteiger charge is -2.30. The van der Waals surface area contributed by atoms with Crippen molar-refractivity contribution < 1.29 is 28.3 Å². The van der Waals surface area contributed by atoms with E-state index in [4.69, 9.17) is 19.3 Å². The third kappa shape index (κ3) is 6.58. The molecule has 0 aromatic rings. The molecule has 0 radical (unpaired) electrons. The summed E-state index contributed by atoms with van der Waals surface area (Å²) < 4.78 is 25.1. The Morgan fingerprint density at radius 2 is 1.69 bits per heavy atom. The summed E-state index contributed by atoms with van der Waals surface area (Å²) in [6, 6.07) is 0. The highest BCUT2D eigenvalue weighted by Gasteiger charge is 2.38. The number of unbranched alkanes of at least 4 members (excludes halogenated alkanes) is 3. The van der Waals surface area contributed by atoms with E-state index in [2.05, 4.69) is 11.4 Å². The Morgan fingerprint density at radius 1 is 1.12 bits per heavy atom. The van der Waals surface area contributed by atoms with Crippen LogP contribution in [0, 0.1) is 0 Å². The first kappa shape index (κ1) is 16.0. The number of hydrogen-bond acceptors (Lipinski definition) is 4. The van der Waals surface area contributed by atoms with Crippen molar-refractivity contribution in [1.82, 2.24) is 0 Å². The smallest absolute Gasteiger partial charge is 0.330 e. The average molecular weight is 256 g/mol. The van der Waals surface area contributed by atoms with Crippen molar-refractivity contribution in [2.75, 3.05) is 14.2 Å². The van der Waals surface area contributed by atoms with E-state index in [1.165, 1.54) is 14.2 Å². The summed E-state index contributed by atoms with van der Waals surface area (Å²) in [4.78, 5) is 17.5. The summed E-state index contributed by atoms with van der Waals surface area (Å²) in [6.45, 7) is 2.08. The molecule has 0 aromatic carbocycles. The second kappa shape index (κ2) is 7.37. The Bertz CT molecular complexity index is 222. The molecule has 0 fully saturated rings. The molecule has 2 N–H and O–H groups in total. The molecule has 0 aliphatic rings. The summed E-state index contributed by atoms with van der Waals surface area (Å²) in [5.41, 5.74) is 0. The molecule has 0 amide bonds. The zero-order valence-corrected chi connectivity index (χ0v) is 10.9.